The SMILES string of the molecule is CC(C)(C)NC(=O)C1N(CCCCCCO)C(=O)[C@@H]2[C@H](C(=O)NCc3ccccc3)[C@H]3OC12CC3Br. The Balaban J connectivity index is 1.59. The van der Waals surface area contributed by atoms with Gasteiger partial charge in [0.25, 0.3) is 0 Å². The number of rotatable bonds is 10. The lowest BCUT2D eigenvalue weighted by atomic mass is 9.70. The van der Waals surface area contributed by atoms with Gasteiger partial charge in [0.05, 0.1) is 17.9 Å². The van der Waals surface area contributed by atoms with Gasteiger partial charge in [0.2, 0.25) is 17.7 Å². The van der Waals surface area contributed by atoms with Crippen molar-refractivity contribution in [2.75, 3.05) is 13.2 Å². The zero-order valence-electron chi connectivity index (χ0n) is 21.3. The molecule has 3 heterocycles. The van der Waals surface area contributed by atoms with Gasteiger partial charge < -0.3 is 25.4 Å². The first kappa shape index (κ1) is 27.1. The largest absolute Gasteiger partial charge is 0.396 e. The molecule has 3 amide bonds. The van der Waals surface area contributed by atoms with E-state index >= 15 is 0 Å². The van der Waals surface area contributed by atoms with E-state index in [4.69, 9.17) is 9.84 Å². The van der Waals surface area contributed by atoms with E-state index in [1.54, 1.807) is 4.90 Å². The van der Waals surface area contributed by atoms with Crippen molar-refractivity contribution in [2.45, 2.75) is 87.5 Å². The zero-order valence-corrected chi connectivity index (χ0v) is 22.9. The molecule has 36 heavy (non-hydrogen) atoms. The number of aliphatic hydroxyl groups is 1. The molecule has 3 aliphatic heterocycles. The molecule has 8 nitrogen and oxygen atoms in total. The first-order valence-electron chi connectivity index (χ1n) is 13.0. The summed E-state index contributed by atoms with van der Waals surface area (Å²) in [6.45, 7) is 6.67. The van der Waals surface area contributed by atoms with Crippen LogP contribution >= 0.6 is 15.9 Å². The Kier molecular flexibility index (Phi) is 8.12. The van der Waals surface area contributed by atoms with Gasteiger partial charge in [-0.25, -0.2) is 0 Å². The number of alkyl halides is 1. The molecule has 9 heteroatoms. The lowest BCUT2D eigenvalue weighted by Gasteiger charge is -2.36. The number of likely N-dealkylation sites (tertiary alicyclic amines) is 1. The van der Waals surface area contributed by atoms with Gasteiger partial charge in [0, 0.05) is 30.1 Å². The summed E-state index contributed by atoms with van der Waals surface area (Å²) in [6, 6.07) is 8.86. The van der Waals surface area contributed by atoms with E-state index in [2.05, 4.69) is 26.6 Å². The Morgan fingerprint density at radius 1 is 1.14 bits per heavy atom. The molecule has 4 rings (SSSR count). The van der Waals surface area contributed by atoms with Crippen LogP contribution in [0.5, 0.6) is 0 Å². The van der Waals surface area contributed by atoms with Gasteiger partial charge in [0.15, 0.2) is 0 Å². The molecule has 0 radical (unpaired) electrons. The molecule has 1 aromatic carbocycles. The Morgan fingerprint density at radius 2 is 1.83 bits per heavy atom. The summed E-state index contributed by atoms with van der Waals surface area (Å²) in [5, 5.41) is 15.1. The van der Waals surface area contributed by atoms with Crippen molar-refractivity contribution < 1.29 is 24.2 Å². The summed E-state index contributed by atoms with van der Waals surface area (Å²) < 4.78 is 6.51. The van der Waals surface area contributed by atoms with E-state index in [1.165, 1.54) is 0 Å². The number of hydrogen-bond acceptors (Lipinski definition) is 5. The van der Waals surface area contributed by atoms with E-state index in [9.17, 15) is 14.4 Å². The van der Waals surface area contributed by atoms with Crippen molar-refractivity contribution in [3.05, 3.63) is 35.9 Å². The highest BCUT2D eigenvalue weighted by atomic mass is 79.9. The molecular formula is C27H38BrN3O5. The Hall–Kier alpha value is -1.97. The molecule has 3 N–H and O–H groups in total. The number of ether oxygens (including phenoxy) is 1. The second kappa shape index (κ2) is 10.8. The number of fused-ring (bicyclic) bond motifs is 1. The molecule has 3 fully saturated rings. The Bertz CT molecular complexity index is 968. The molecule has 1 spiro atoms. The monoisotopic (exact) mass is 563 g/mol. The highest BCUT2D eigenvalue weighted by Gasteiger charge is 2.76. The van der Waals surface area contributed by atoms with Crippen molar-refractivity contribution in [2.24, 2.45) is 11.8 Å². The normalized spacial score (nSPS) is 31.0. The summed E-state index contributed by atoms with van der Waals surface area (Å²) in [7, 11) is 0. The van der Waals surface area contributed by atoms with Crippen molar-refractivity contribution in [3.63, 3.8) is 0 Å². The van der Waals surface area contributed by atoms with Crippen LogP contribution in [0.3, 0.4) is 0 Å². The van der Waals surface area contributed by atoms with Gasteiger partial charge in [-0.2, -0.15) is 0 Å². The van der Waals surface area contributed by atoms with E-state index in [1.807, 2.05) is 51.1 Å². The van der Waals surface area contributed by atoms with Crippen LogP contribution in [0, 0.1) is 11.8 Å². The third-order valence-electron chi connectivity index (χ3n) is 7.46. The van der Waals surface area contributed by atoms with Crippen LogP contribution in [0.25, 0.3) is 0 Å². The highest BCUT2D eigenvalue weighted by molar-refractivity contribution is 9.09. The summed E-state index contributed by atoms with van der Waals surface area (Å²) in [4.78, 5) is 42.5. The predicted molar refractivity (Wildman–Crippen MR) is 139 cm³/mol. The minimum atomic E-state index is -1.04. The molecule has 0 aliphatic carbocycles. The fourth-order valence-electron chi connectivity index (χ4n) is 6.06. The molecule has 0 aromatic heterocycles. The van der Waals surface area contributed by atoms with Crippen LogP contribution in [0.1, 0.15) is 58.4 Å². The maximum atomic E-state index is 13.9. The van der Waals surface area contributed by atoms with Gasteiger partial charge in [-0.15, -0.1) is 0 Å². The van der Waals surface area contributed by atoms with Crippen LogP contribution in [0.15, 0.2) is 30.3 Å². The van der Waals surface area contributed by atoms with Gasteiger partial charge in [-0.05, 0) is 45.6 Å². The number of nitrogens with one attached hydrogen (secondary N) is 2. The minimum absolute atomic E-state index is 0.122. The molecule has 1 aromatic rings. The number of amides is 3. The molecule has 3 saturated heterocycles. The van der Waals surface area contributed by atoms with Crippen LogP contribution in [0.2, 0.25) is 0 Å². The first-order valence-corrected chi connectivity index (χ1v) is 13.9. The lowest BCUT2D eigenvalue weighted by molar-refractivity contribution is -0.142. The Morgan fingerprint density at radius 3 is 2.50 bits per heavy atom. The van der Waals surface area contributed by atoms with Gasteiger partial charge >= 0.3 is 0 Å². The maximum Gasteiger partial charge on any atom is 0.246 e. The number of nitrogens with zero attached hydrogens (tertiary/aromatic N) is 1. The topological polar surface area (TPSA) is 108 Å². The predicted octanol–water partition coefficient (Wildman–Crippen LogP) is 2.52. The average molecular weight is 565 g/mol. The standard InChI is InChI=1S/C27H38BrN3O5/c1-26(2,3)30-24(34)22-27-15-18(28)21(36-27)19(23(33)29-16-17-11-7-6-8-12-17)20(27)25(35)31(22)13-9-4-5-10-14-32/h6-8,11-12,18-22,32H,4-5,9-10,13-16H2,1-3H3,(H,29,33)(H,30,34)/t18?,19-,20-,21-,22?,27?/m0/s1. The third kappa shape index (κ3) is 5.20. The van der Waals surface area contributed by atoms with Crippen molar-refractivity contribution in [1.82, 2.24) is 15.5 Å². The fraction of sp³-hybridized carbons (Fsp3) is 0.667. The summed E-state index contributed by atoms with van der Waals surface area (Å²) in [6.07, 6.45) is 3.18. The first-order chi connectivity index (χ1) is 17.1. The summed E-state index contributed by atoms with van der Waals surface area (Å²) in [5.74, 6) is -1.98. The van der Waals surface area contributed by atoms with Crippen LogP contribution in [-0.2, 0) is 25.7 Å². The number of carbonyl (C=O) groups is 3. The van der Waals surface area contributed by atoms with Gasteiger partial charge in [-0.3, -0.25) is 14.4 Å². The zero-order chi connectivity index (χ0) is 26.1. The molecule has 3 aliphatic rings. The number of hydrogen-bond donors (Lipinski definition) is 3. The smallest absolute Gasteiger partial charge is 0.246 e. The third-order valence-corrected chi connectivity index (χ3v) is 8.30. The van der Waals surface area contributed by atoms with E-state index in [-0.39, 0.29) is 29.2 Å². The van der Waals surface area contributed by atoms with E-state index in [0.29, 0.717) is 25.9 Å². The fourth-order valence-corrected chi connectivity index (χ4v) is 7.00. The van der Waals surface area contributed by atoms with Crippen molar-refractivity contribution in [1.29, 1.82) is 0 Å². The molecule has 2 bridgehead atoms. The number of benzene rings is 1. The second-order valence-corrected chi connectivity index (χ2v) is 12.5. The quantitative estimate of drug-likeness (QED) is 0.299. The number of halogens is 1. The summed E-state index contributed by atoms with van der Waals surface area (Å²) in [5.41, 5.74) is -0.534. The van der Waals surface area contributed by atoms with Gasteiger partial charge in [0.1, 0.15) is 11.6 Å². The molecular weight excluding hydrogens is 526 g/mol. The summed E-state index contributed by atoms with van der Waals surface area (Å²) >= 11 is 3.70. The highest BCUT2D eigenvalue weighted by Crippen LogP contribution is 2.60. The lowest BCUT2D eigenvalue weighted by Crippen LogP contribution is -2.58. The maximum absolute atomic E-state index is 13.9. The number of unbranched alkanes of at least 4 members (excludes halogenated alkanes) is 3. The minimum Gasteiger partial charge on any atom is -0.396 e. The molecule has 0 saturated carbocycles. The second-order valence-electron chi connectivity index (χ2n) is 11.3. The van der Waals surface area contributed by atoms with Crippen LogP contribution in [0.4, 0.5) is 0 Å². The molecule has 3 unspecified atom stereocenters. The number of aliphatic hydroxyl groups excluding tert-OH is 1. The van der Waals surface area contributed by atoms with Crippen molar-refractivity contribution >= 4 is 33.7 Å². The molecule has 6 atom stereocenters. The van der Waals surface area contributed by atoms with Gasteiger partial charge in [-0.1, -0.05) is 59.1 Å². The van der Waals surface area contributed by atoms with Crippen LogP contribution < -0.4 is 10.6 Å². The van der Waals surface area contributed by atoms with E-state index < -0.39 is 35.1 Å². The van der Waals surface area contributed by atoms with E-state index in [0.717, 1.165) is 24.8 Å². The van der Waals surface area contributed by atoms with Crippen LogP contribution in [-0.4, -0.2) is 69.0 Å². The number of carbonyl (C=O) groups excluding carboxylic acids is 3. The average Bonchev–Trinajstić information content (AvgIpc) is 3.40. The Labute approximate surface area is 221 Å². The van der Waals surface area contributed by atoms with Crippen molar-refractivity contribution in [3.8, 4) is 0 Å². The molecule has 198 valence electrons.